The van der Waals surface area contributed by atoms with Gasteiger partial charge in [0, 0.05) is 24.3 Å². The summed E-state index contributed by atoms with van der Waals surface area (Å²) in [7, 11) is 1.60. The molecule has 0 aromatic heterocycles. The molecule has 0 fully saturated rings. The van der Waals surface area contributed by atoms with Gasteiger partial charge in [0.25, 0.3) is 0 Å². The van der Waals surface area contributed by atoms with Crippen molar-refractivity contribution >= 4 is 5.78 Å². The molecular weight excluding hydrogens is 224 g/mol. The number of hydrogen-bond acceptors (Lipinski definition) is 2. The summed E-state index contributed by atoms with van der Waals surface area (Å²) in [4.78, 5) is 11.8. The van der Waals surface area contributed by atoms with E-state index < -0.39 is 5.60 Å². The topological polar surface area (TPSA) is 26.3 Å². The van der Waals surface area contributed by atoms with Crippen LogP contribution in [0.3, 0.4) is 0 Å². The lowest BCUT2D eigenvalue weighted by molar-refractivity contribution is 0.0741. The molecule has 0 aliphatic rings. The molecule has 1 rings (SSSR count). The molecule has 0 radical (unpaired) electrons. The van der Waals surface area contributed by atoms with Crippen LogP contribution in [-0.2, 0) is 4.74 Å². The predicted octanol–water partition coefficient (Wildman–Crippen LogP) is 2.99. The lowest BCUT2D eigenvalue weighted by Crippen LogP contribution is -2.19. The maximum absolute atomic E-state index is 11.8. The van der Waals surface area contributed by atoms with Crippen molar-refractivity contribution in [2.24, 2.45) is 0 Å². The average molecular weight is 240 g/mol. The maximum atomic E-state index is 11.8. The molecule has 0 N–H and O–H groups in total. The van der Waals surface area contributed by atoms with Crippen molar-refractivity contribution in [3.63, 3.8) is 0 Å². The number of benzene rings is 1. The van der Waals surface area contributed by atoms with Gasteiger partial charge in [-0.2, -0.15) is 0 Å². The SMILES string of the molecule is C=C=CC(=O)c1ccccc1C#CC(C)(C)OC. The summed E-state index contributed by atoms with van der Waals surface area (Å²) in [5.74, 6) is 5.82. The average Bonchev–Trinajstić information content (AvgIpc) is 2.37. The largest absolute Gasteiger partial charge is 0.366 e. The van der Waals surface area contributed by atoms with E-state index in [0.717, 1.165) is 0 Å². The molecule has 1 aromatic carbocycles. The first-order valence-electron chi connectivity index (χ1n) is 5.57. The van der Waals surface area contributed by atoms with E-state index in [-0.39, 0.29) is 5.78 Å². The lowest BCUT2D eigenvalue weighted by atomic mass is 10.0. The lowest BCUT2D eigenvalue weighted by Gasteiger charge is -2.14. The monoisotopic (exact) mass is 240 g/mol. The summed E-state index contributed by atoms with van der Waals surface area (Å²) in [6, 6.07) is 7.19. The van der Waals surface area contributed by atoms with E-state index >= 15 is 0 Å². The first kappa shape index (κ1) is 14.0. The number of allylic oxidation sites excluding steroid dienone is 1. The predicted molar refractivity (Wildman–Crippen MR) is 72.4 cm³/mol. The van der Waals surface area contributed by atoms with Crippen molar-refractivity contribution < 1.29 is 9.53 Å². The highest BCUT2D eigenvalue weighted by molar-refractivity contribution is 6.06. The third kappa shape index (κ3) is 3.75. The minimum atomic E-state index is -0.537. The van der Waals surface area contributed by atoms with Crippen molar-refractivity contribution in [3.05, 3.63) is 53.8 Å². The molecule has 0 saturated heterocycles. The van der Waals surface area contributed by atoms with Crippen LogP contribution in [-0.4, -0.2) is 18.5 Å². The van der Waals surface area contributed by atoms with Crippen LogP contribution in [0.2, 0.25) is 0 Å². The second kappa shape index (κ2) is 6.02. The Morgan fingerprint density at radius 1 is 1.39 bits per heavy atom. The fourth-order valence-corrected chi connectivity index (χ4v) is 1.25. The Morgan fingerprint density at radius 2 is 2.06 bits per heavy atom. The van der Waals surface area contributed by atoms with E-state index in [1.54, 1.807) is 19.2 Å². The van der Waals surface area contributed by atoms with E-state index in [1.807, 2.05) is 26.0 Å². The van der Waals surface area contributed by atoms with Crippen LogP contribution < -0.4 is 0 Å². The van der Waals surface area contributed by atoms with Crippen LogP contribution in [0.15, 0.2) is 42.7 Å². The summed E-state index contributed by atoms with van der Waals surface area (Å²) in [5, 5.41) is 0. The van der Waals surface area contributed by atoms with Crippen LogP contribution in [0.25, 0.3) is 0 Å². The molecular formula is C16H16O2. The zero-order valence-electron chi connectivity index (χ0n) is 10.9. The van der Waals surface area contributed by atoms with Crippen LogP contribution in [0, 0.1) is 11.8 Å². The van der Waals surface area contributed by atoms with E-state index in [1.165, 1.54) is 6.08 Å². The molecule has 0 atom stereocenters. The molecule has 0 bridgehead atoms. The van der Waals surface area contributed by atoms with E-state index in [2.05, 4.69) is 24.2 Å². The van der Waals surface area contributed by atoms with Gasteiger partial charge in [-0.15, -0.1) is 5.73 Å². The van der Waals surface area contributed by atoms with Crippen LogP contribution in [0.5, 0.6) is 0 Å². The number of carbonyl (C=O) groups excluding carboxylic acids is 1. The third-order valence-electron chi connectivity index (χ3n) is 2.43. The number of methoxy groups -OCH3 is 1. The fourth-order valence-electron chi connectivity index (χ4n) is 1.25. The highest BCUT2D eigenvalue weighted by Crippen LogP contribution is 2.11. The molecule has 0 spiro atoms. The summed E-state index contributed by atoms with van der Waals surface area (Å²) < 4.78 is 5.22. The standard InChI is InChI=1S/C16H16O2/c1-5-8-15(17)14-10-7-6-9-13(14)11-12-16(2,3)18-4/h6-10H,1H2,2-4H3. The van der Waals surface area contributed by atoms with E-state index in [0.29, 0.717) is 11.1 Å². The highest BCUT2D eigenvalue weighted by atomic mass is 16.5. The summed E-state index contributed by atoms with van der Waals surface area (Å²) in [6.45, 7) is 7.14. The quantitative estimate of drug-likeness (QED) is 0.351. The molecule has 0 unspecified atom stereocenters. The van der Waals surface area contributed by atoms with E-state index in [4.69, 9.17) is 4.74 Å². The van der Waals surface area contributed by atoms with Crippen molar-refractivity contribution in [1.29, 1.82) is 0 Å². The van der Waals surface area contributed by atoms with Gasteiger partial charge in [0.2, 0.25) is 0 Å². The smallest absolute Gasteiger partial charge is 0.194 e. The van der Waals surface area contributed by atoms with Gasteiger partial charge in [0.05, 0.1) is 0 Å². The Morgan fingerprint density at radius 3 is 2.67 bits per heavy atom. The van der Waals surface area contributed by atoms with Gasteiger partial charge in [-0.1, -0.05) is 30.6 Å². The fraction of sp³-hybridized carbons (Fsp3) is 0.250. The minimum absolute atomic E-state index is 0.148. The number of carbonyl (C=O) groups is 1. The van der Waals surface area contributed by atoms with Gasteiger partial charge < -0.3 is 4.74 Å². The van der Waals surface area contributed by atoms with Crippen molar-refractivity contribution in [1.82, 2.24) is 0 Å². The number of rotatable bonds is 3. The molecule has 0 amide bonds. The molecule has 0 heterocycles. The van der Waals surface area contributed by atoms with E-state index in [9.17, 15) is 4.79 Å². The Kier molecular flexibility index (Phi) is 4.68. The second-order valence-electron chi connectivity index (χ2n) is 4.22. The Balaban J connectivity index is 3.18. The van der Waals surface area contributed by atoms with Crippen molar-refractivity contribution in [2.45, 2.75) is 19.4 Å². The molecule has 1 aromatic rings. The normalized spacial score (nSPS) is 9.94. The Labute approximate surface area is 108 Å². The van der Waals surface area contributed by atoms with Gasteiger partial charge in [-0.3, -0.25) is 4.79 Å². The minimum Gasteiger partial charge on any atom is -0.366 e. The number of hydrogen-bond donors (Lipinski definition) is 0. The Bertz CT molecular complexity index is 550. The molecule has 2 nitrogen and oxygen atoms in total. The molecule has 18 heavy (non-hydrogen) atoms. The maximum Gasteiger partial charge on any atom is 0.194 e. The molecule has 92 valence electrons. The highest BCUT2D eigenvalue weighted by Gasteiger charge is 2.12. The molecule has 0 aliphatic carbocycles. The van der Waals surface area contributed by atoms with Crippen molar-refractivity contribution in [3.8, 4) is 11.8 Å². The Hall–Kier alpha value is -2.07. The van der Waals surface area contributed by atoms with Crippen LogP contribution >= 0.6 is 0 Å². The first-order chi connectivity index (χ1) is 8.50. The summed E-state index contributed by atoms with van der Waals surface area (Å²) in [6.07, 6.45) is 1.31. The van der Waals surface area contributed by atoms with Crippen LogP contribution in [0.1, 0.15) is 29.8 Å². The van der Waals surface area contributed by atoms with Gasteiger partial charge in [0.1, 0.15) is 5.60 Å². The van der Waals surface area contributed by atoms with Crippen LogP contribution in [0.4, 0.5) is 0 Å². The summed E-state index contributed by atoms with van der Waals surface area (Å²) >= 11 is 0. The number of ketones is 1. The van der Waals surface area contributed by atoms with Crippen molar-refractivity contribution in [2.75, 3.05) is 7.11 Å². The second-order valence-corrected chi connectivity index (χ2v) is 4.22. The van der Waals surface area contributed by atoms with Gasteiger partial charge in [-0.25, -0.2) is 0 Å². The zero-order chi connectivity index (χ0) is 13.6. The van der Waals surface area contributed by atoms with Gasteiger partial charge >= 0.3 is 0 Å². The van der Waals surface area contributed by atoms with Gasteiger partial charge in [-0.05, 0) is 26.0 Å². The zero-order valence-corrected chi connectivity index (χ0v) is 10.9. The molecule has 2 heteroatoms. The molecule has 0 saturated carbocycles. The number of ether oxygens (including phenoxy) is 1. The first-order valence-corrected chi connectivity index (χ1v) is 5.57. The summed E-state index contributed by atoms with van der Waals surface area (Å²) in [5.41, 5.74) is 3.17. The van der Waals surface area contributed by atoms with Gasteiger partial charge in [0.15, 0.2) is 5.78 Å². The molecule has 0 aliphatic heterocycles. The third-order valence-corrected chi connectivity index (χ3v) is 2.43.